The second kappa shape index (κ2) is 5.81. The standard InChI is InChI=1S/C19H26N4O3/c24-16(11-23-7-2-6-20-23)21-15-3-8-22(13-18(15)4-1-5-18)17(25)19-9-14(10-19)12-26-19/h2,6-7,14-15H,1,3-5,8-13H2,(H,21,24). The van der Waals surface area contributed by atoms with Crippen molar-refractivity contribution < 1.29 is 14.3 Å². The minimum Gasteiger partial charge on any atom is -0.365 e. The van der Waals surface area contributed by atoms with Gasteiger partial charge < -0.3 is 15.0 Å². The van der Waals surface area contributed by atoms with Crippen molar-refractivity contribution in [3.05, 3.63) is 18.5 Å². The predicted octanol–water partition coefficient (Wildman–Crippen LogP) is 0.949. The van der Waals surface area contributed by atoms with Gasteiger partial charge in [0, 0.05) is 36.9 Å². The Hall–Kier alpha value is -1.89. The zero-order valence-corrected chi connectivity index (χ0v) is 15.0. The summed E-state index contributed by atoms with van der Waals surface area (Å²) in [5.41, 5.74) is -0.460. The zero-order valence-electron chi connectivity index (χ0n) is 15.0. The van der Waals surface area contributed by atoms with Crippen LogP contribution in [0, 0.1) is 11.3 Å². The summed E-state index contributed by atoms with van der Waals surface area (Å²) in [5.74, 6) is 0.791. The molecule has 0 aromatic carbocycles. The van der Waals surface area contributed by atoms with Gasteiger partial charge in [0.15, 0.2) is 0 Å². The van der Waals surface area contributed by atoms with Crippen LogP contribution < -0.4 is 5.32 Å². The molecule has 2 aliphatic carbocycles. The van der Waals surface area contributed by atoms with Gasteiger partial charge in [-0.05, 0) is 44.1 Å². The lowest BCUT2D eigenvalue weighted by Gasteiger charge is -2.55. The molecule has 0 radical (unpaired) electrons. The fourth-order valence-electron chi connectivity index (χ4n) is 5.39. The largest absolute Gasteiger partial charge is 0.365 e. The minimum atomic E-state index is -0.508. The third kappa shape index (κ3) is 2.47. The van der Waals surface area contributed by atoms with E-state index in [1.165, 1.54) is 6.42 Å². The highest BCUT2D eigenvalue weighted by Crippen LogP contribution is 2.52. The number of fused-ring (bicyclic) bond motifs is 1. The van der Waals surface area contributed by atoms with Gasteiger partial charge in [-0.25, -0.2) is 0 Å². The number of nitrogens with zero attached hydrogens (tertiary/aromatic N) is 3. The highest BCUT2D eigenvalue weighted by atomic mass is 16.5. The predicted molar refractivity (Wildman–Crippen MR) is 93.0 cm³/mol. The number of rotatable bonds is 4. The Morgan fingerprint density at radius 1 is 1.31 bits per heavy atom. The summed E-state index contributed by atoms with van der Waals surface area (Å²) in [6, 6.07) is 1.97. The molecule has 2 bridgehead atoms. The summed E-state index contributed by atoms with van der Waals surface area (Å²) in [5, 5.41) is 7.33. The average Bonchev–Trinajstić information content (AvgIpc) is 3.29. The van der Waals surface area contributed by atoms with Crippen molar-refractivity contribution in [1.29, 1.82) is 0 Å². The van der Waals surface area contributed by atoms with Crippen LogP contribution in [0.15, 0.2) is 18.5 Å². The normalized spacial score (nSPS) is 34.2. The molecule has 4 heterocycles. The third-order valence-corrected chi connectivity index (χ3v) is 6.99. The van der Waals surface area contributed by atoms with Crippen molar-refractivity contribution in [3.63, 3.8) is 0 Å². The van der Waals surface area contributed by atoms with Crippen molar-refractivity contribution in [2.45, 2.75) is 56.7 Å². The number of carbonyl (C=O) groups excluding carboxylic acids is 2. The molecule has 2 amide bonds. The Morgan fingerprint density at radius 3 is 2.77 bits per heavy atom. The van der Waals surface area contributed by atoms with E-state index in [0.717, 1.165) is 45.3 Å². The zero-order chi connectivity index (χ0) is 17.8. The maximum absolute atomic E-state index is 13.0. The first-order valence-electron chi connectivity index (χ1n) is 9.79. The highest BCUT2D eigenvalue weighted by molar-refractivity contribution is 5.87. The van der Waals surface area contributed by atoms with Crippen LogP contribution in [0.5, 0.6) is 0 Å². The van der Waals surface area contributed by atoms with Gasteiger partial charge >= 0.3 is 0 Å². The van der Waals surface area contributed by atoms with E-state index in [4.69, 9.17) is 4.74 Å². The quantitative estimate of drug-likeness (QED) is 0.869. The molecular formula is C19H26N4O3. The molecule has 2 saturated carbocycles. The Morgan fingerprint density at radius 2 is 2.15 bits per heavy atom. The van der Waals surface area contributed by atoms with E-state index in [1.54, 1.807) is 17.1 Å². The molecule has 7 nitrogen and oxygen atoms in total. The van der Waals surface area contributed by atoms with E-state index >= 15 is 0 Å². The lowest BCUT2D eigenvalue weighted by atomic mass is 9.61. The topological polar surface area (TPSA) is 76.5 Å². The third-order valence-electron chi connectivity index (χ3n) is 6.99. The first kappa shape index (κ1) is 16.3. The van der Waals surface area contributed by atoms with Crippen molar-refractivity contribution >= 4 is 11.8 Å². The molecule has 26 heavy (non-hydrogen) atoms. The van der Waals surface area contributed by atoms with Gasteiger partial charge in [0.25, 0.3) is 5.91 Å². The molecule has 7 heteroatoms. The van der Waals surface area contributed by atoms with Crippen LogP contribution in [0.25, 0.3) is 0 Å². The number of amides is 2. The van der Waals surface area contributed by atoms with E-state index in [1.807, 2.05) is 11.0 Å². The minimum absolute atomic E-state index is 0.00399. The van der Waals surface area contributed by atoms with Crippen LogP contribution in [0.3, 0.4) is 0 Å². The van der Waals surface area contributed by atoms with Crippen LogP contribution in [-0.2, 0) is 20.9 Å². The number of likely N-dealkylation sites (tertiary alicyclic amines) is 1. The van der Waals surface area contributed by atoms with Gasteiger partial charge in [-0.2, -0.15) is 5.10 Å². The average molecular weight is 358 g/mol. The second-order valence-electron chi connectivity index (χ2n) is 8.63. The Balaban J connectivity index is 1.24. The molecule has 6 rings (SSSR count). The van der Waals surface area contributed by atoms with Crippen molar-refractivity contribution in [2.75, 3.05) is 19.7 Å². The summed E-state index contributed by atoms with van der Waals surface area (Å²) in [7, 11) is 0. The van der Waals surface area contributed by atoms with Crippen molar-refractivity contribution in [3.8, 4) is 0 Å². The summed E-state index contributed by atoms with van der Waals surface area (Å²) in [6.07, 6.45) is 9.46. The molecule has 3 saturated heterocycles. The molecule has 3 aliphatic heterocycles. The Kier molecular flexibility index (Phi) is 3.64. The molecule has 5 aliphatic rings. The number of ether oxygens (including phenoxy) is 1. The Labute approximate surface area is 153 Å². The monoisotopic (exact) mass is 358 g/mol. The lowest BCUT2D eigenvalue weighted by Crippen LogP contribution is -2.65. The molecule has 1 atom stereocenters. The van der Waals surface area contributed by atoms with Gasteiger partial charge in [-0.3, -0.25) is 14.3 Å². The summed E-state index contributed by atoms with van der Waals surface area (Å²) < 4.78 is 7.47. The smallest absolute Gasteiger partial charge is 0.254 e. The van der Waals surface area contributed by atoms with Crippen LogP contribution in [0.4, 0.5) is 0 Å². The molecular weight excluding hydrogens is 332 g/mol. The second-order valence-corrected chi connectivity index (χ2v) is 8.63. The molecule has 1 aromatic rings. The van der Waals surface area contributed by atoms with Crippen LogP contribution in [0.2, 0.25) is 0 Å². The first-order valence-corrected chi connectivity index (χ1v) is 9.79. The molecule has 1 aromatic heterocycles. The number of nitrogens with one attached hydrogen (secondary N) is 1. The maximum atomic E-state index is 13.0. The molecule has 1 spiro atoms. The summed E-state index contributed by atoms with van der Waals surface area (Å²) >= 11 is 0. The lowest BCUT2D eigenvalue weighted by molar-refractivity contribution is -0.161. The molecule has 5 fully saturated rings. The van der Waals surface area contributed by atoms with Gasteiger partial charge in [0.05, 0.1) is 6.61 Å². The van der Waals surface area contributed by atoms with Crippen LogP contribution in [-0.4, -0.2) is 57.8 Å². The summed E-state index contributed by atoms with van der Waals surface area (Å²) in [4.78, 5) is 27.5. The van der Waals surface area contributed by atoms with Crippen LogP contribution >= 0.6 is 0 Å². The number of aromatic nitrogens is 2. The number of carbonyl (C=O) groups is 2. The van der Waals surface area contributed by atoms with Gasteiger partial charge in [-0.15, -0.1) is 0 Å². The molecule has 1 unspecified atom stereocenters. The SMILES string of the molecule is O=C(Cn1cccn1)NC1CCN(C(=O)C23CC(CO2)C3)CC12CCC2. The van der Waals surface area contributed by atoms with Gasteiger partial charge in [-0.1, -0.05) is 6.42 Å². The van der Waals surface area contributed by atoms with Gasteiger partial charge in [0.1, 0.15) is 12.1 Å². The Bertz CT molecular complexity index is 701. The number of hydrogen-bond donors (Lipinski definition) is 1. The summed E-state index contributed by atoms with van der Waals surface area (Å²) in [6.45, 7) is 2.47. The fourth-order valence-corrected chi connectivity index (χ4v) is 5.39. The molecule has 1 N–H and O–H groups in total. The first-order chi connectivity index (χ1) is 12.6. The van der Waals surface area contributed by atoms with Crippen LogP contribution in [0.1, 0.15) is 38.5 Å². The van der Waals surface area contributed by atoms with E-state index in [0.29, 0.717) is 12.5 Å². The van der Waals surface area contributed by atoms with Crippen molar-refractivity contribution in [1.82, 2.24) is 20.0 Å². The highest BCUT2D eigenvalue weighted by Gasteiger charge is 2.60. The molecule has 140 valence electrons. The van der Waals surface area contributed by atoms with E-state index in [-0.39, 0.29) is 29.8 Å². The van der Waals surface area contributed by atoms with E-state index in [9.17, 15) is 9.59 Å². The fraction of sp³-hybridized carbons (Fsp3) is 0.737. The van der Waals surface area contributed by atoms with Gasteiger partial charge in [0.2, 0.25) is 5.91 Å². The van der Waals surface area contributed by atoms with E-state index in [2.05, 4.69) is 10.4 Å². The maximum Gasteiger partial charge on any atom is 0.254 e. The van der Waals surface area contributed by atoms with E-state index < -0.39 is 5.60 Å². The number of hydrogen-bond acceptors (Lipinski definition) is 4. The van der Waals surface area contributed by atoms with Crippen molar-refractivity contribution in [2.24, 2.45) is 11.3 Å². The number of piperidine rings is 1.